The van der Waals surface area contributed by atoms with Gasteiger partial charge in [-0.15, -0.1) is 0 Å². The van der Waals surface area contributed by atoms with Crippen LogP contribution in [0.3, 0.4) is 0 Å². The highest BCUT2D eigenvalue weighted by molar-refractivity contribution is 6.32. The van der Waals surface area contributed by atoms with Crippen molar-refractivity contribution in [1.29, 1.82) is 0 Å². The lowest BCUT2D eigenvalue weighted by molar-refractivity contribution is -0.118. The first-order chi connectivity index (χ1) is 11.7. The highest BCUT2D eigenvalue weighted by atomic mass is 35.5. The van der Waals surface area contributed by atoms with Gasteiger partial charge in [0.05, 0.1) is 18.8 Å². The molecule has 2 aromatic rings. The number of amides is 1. The fraction of sp³-hybridized carbons (Fsp3) is 0.333. The van der Waals surface area contributed by atoms with E-state index in [1.54, 1.807) is 18.3 Å². The Labute approximate surface area is 146 Å². The van der Waals surface area contributed by atoms with Gasteiger partial charge in [-0.2, -0.15) is 0 Å². The molecule has 24 heavy (non-hydrogen) atoms. The molecule has 1 aromatic heterocycles. The van der Waals surface area contributed by atoms with Crippen LogP contribution in [0.2, 0.25) is 5.15 Å². The van der Waals surface area contributed by atoms with Crippen LogP contribution >= 0.6 is 11.6 Å². The number of nitrogens with one attached hydrogen (secondary N) is 1. The number of pyridine rings is 1. The number of rotatable bonds is 6. The minimum Gasteiger partial charge on any atom is -0.395 e. The summed E-state index contributed by atoms with van der Waals surface area (Å²) in [7, 11) is 0. The monoisotopic (exact) mass is 345 g/mol. The lowest BCUT2D eigenvalue weighted by atomic mass is 10.1. The zero-order valence-electron chi connectivity index (χ0n) is 13.3. The van der Waals surface area contributed by atoms with Crippen molar-refractivity contribution < 1.29 is 9.90 Å². The Morgan fingerprint density at radius 1 is 1.33 bits per heavy atom. The summed E-state index contributed by atoms with van der Waals surface area (Å²) >= 11 is 5.98. The van der Waals surface area contributed by atoms with Crippen molar-refractivity contribution in [3.8, 4) is 0 Å². The summed E-state index contributed by atoms with van der Waals surface area (Å²) in [5.74, 6) is -0.164. The van der Waals surface area contributed by atoms with Gasteiger partial charge in [0.1, 0.15) is 0 Å². The molecule has 0 radical (unpaired) electrons. The summed E-state index contributed by atoms with van der Waals surface area (Å²) in [5, 5.41) is 12.4. The number of halogens is 1. The van der Waals surface area contributed by atoms with E-state index >= 15 is 0 Å². The molecular formula is C18H20ClN3O2. The molecule has 1 heterocycles. The topological polar surface area (TPSA) is 65.5 Å². The van der Waals surface area contributed by atoms with Crippen LogP contribution in [0.1, 0.15) is 23.6 Å². The highest BCUT2D eigenvalue weighted by Crippen LogP contribution is 2.35. The van der Waals surface area contributed by atoms with Crippen LogP contribution in [0, 0.1) is 0 Å². The Morgan fingerprint density at radius 2 is 2.17 bits per heavy atom. The molecule has 0 bridgehead atoms. The standard InChI is InChI=1S/C18H20ClN3O2/c19-18-15(6-3-9-20-18)21-17(24)12-22(10-11-23)16-8-7-13-4-1-2-5-14(13)16/h1-6,9,16,23H,7-8,10-12H2,(H,21,24). The third-order valence-corrected chi connectivity index (χ3v) is 4.61. The minimum atomic E-state index is -0.164. The fourth-order valence-electron chi connectivity index (χ4n) is 3.24. The Balaban J connectivity index is 1.71. The second-order valence-electron chi connectivity index (χ2n) is 5.84. The Bertz CT molecular complexity index is 723. The molecule has 6 heteroatoms. The van der Waals surface area contributed by atoms with Crippen molar-refractivity contribution in [3.63, 3.8) is 0 Å². The molecule has 1 aliphatic rings. The van der Waals surface area contributed by atoms with Gasteiger partial charge in [0.15, 0.2) is 5.15 Å². The zero-order chi connectivity index (χ0) is 16.9. The second-order valence-corrected chi connectivity index (χ2v) is 6.20. The van der Waals surface area contributed by atoms with E-state index in [1.165, 1.54) is 11.1 Å². The van der Waals surface area contributed by atoms with E-state index in [1.807, 2.05) is 17.0 Å². The van der Waals surface area contributed by atoms with Gasteiger partial charge in [0, 0.05) is 18.8 Å². The molecule has 1 unspecified atom stereocenters. The highest BCUT2D eigenvalue weighted by Gasteiger charge is 2.28. The van der Waals surface area contributed by atoms with E-state index in [0.717, 1.165) is 12.8 Å². The number of aromatic nitrogens is 1. The molecule has 0 saturated heterocycles. The maximum atomic E-state index is 12.4. The third-order valence-electron chi connectivity index (χ3n) is 4.31. The number of aliphatic hydroxyl groups excluding tert-OH is 1. The number of hydrogen-bond donors (Lipinski definition) is 2. The summed E-state index contributed by atoms with van der Waals surface area (Å²) < 4.78 is 0. The van der Waals surface area contributed by atoms with Crippen LogP contribution in [0.4, 0.5) is 5.69 Å². The number of fused-ring (bicyclic) bond motifs is 1. The number of aryl methyl sites for hydroxylation is 1. The van der Waals surface area contributed by atoms with Gasteiger partial charge in [-0.1, -0.05) is 35.9 Å². The van der Waals surface area contributed by atoms with Gasteiger partial charge in [0.25, 0.3) is 0 Å². The molecule has 5 nitrogen and oxygen atoms in total. The molecule has 0 fully saturated rings. The van der Waals surface area contributed by atoms with Crippen LogP contribution in [0.5, 0.6) is 0 Å². The second kappa shape index (κ2) is 7.75. The molecule has 1 aliphatic carbocycles. The predicted octanol–water partition coefficient (Wildman–Crippen LogP) is 2.66. The Kier molecular flexibility index (Phi) is 5.45. The number of carbonyl (C=O) groups is 1. The smallest absolute Gasteiger partial charge is 0.238 e. The molecule has 1 atom stereocenters. The van der Waals surface area contributed by atoms with Crippen molar-refractivity contribution in [2.45, 2.75) is 18.9 Å². The molecule has 126 valence electrons. The van der Waals surface area contributed by atoms with Crippen LogP contribution in [-0.2, 0) is 11.2 Å². The molecule has 3 rings (SSSR count). The van der Waals surface area contributed by atoms with Crippen LogP contribution in [0.25, 0.3) is 0 Å². The minimum absolute atomic E-state index is 0.0135. The summed E-state index contributed by atoms with van der Waals surface area (Å²) in [5.41, 5.74) is 3.07. The molecule has 1 amide bonds. The van der Waals surface area contributed by atoms with E-state index in [-0.39, 0.29) is 30.3 Å². The molecule has 1 aromatic carbocycles. The van der Waals surface area contributed by atoms with Gasteiger partial charge in [-0.3, -0.25) is 9.69 Å². The summed E-state index contributed by atoms with van der Waals surface area (Å²) in [6, 6.07) is 11.9. The maximum Gasteiger partial charge on any atom is 0.238 e. The van der Waals surface area contributed by atoms with Crippen molar-refractivity contribution in [1.82, 2.24) is 9.88 Å². The lowest BCUT2D eigenvalue weighted by Gasteiger charge is -2.28. The fourth-order valence-corrected chi connectivity index (χ4v) is 3.41. The first-order valence-electron chi connectivity index (χ1n) is 8.02. The first-order valence-corrected chi connectivity index (χ1v) is 8.40. The molecule has 2 N–H and O–H groups in total. The van der Waals surface area contributed by atoms with Crippen LogP contribution in [-0.4, -0.2) is 40.6 Å². The quantitative estimate of drug-likeness (QED) is 0.790. The Morgan fingerprint density at radius 3 is 2.96 bits per heavy atom. The average molecular weight is 346 g/mol. The number of aliphatic hydroxyl groups is 1. The van der Waals surface area contributed by atoms with Crippen molar-refractivity contribution in [3.05, 3.63) is 58.9 Å². The molecule has 0 aliphatic heterocycles. The van der Waals surface area contributed by atoms with Crippen molar-refractivity contribution in [2.24, 2.45) is 0 Å². The molecular weight excluding hydrogens is 326 g/mol. The predicted molar refractivity (Wildman–Crippen MR) is 94.0 cm³/mol. The van der Waals surface area contributed by atoms with E-state index in [4.69, 9.17) is 11.6 Å². The largest absolute Gasteiger partial charge is 0.395 e. The number of hydrogen-bond acceptors (Lipinski definition) is 4. The van der Waals surface area contributed by atoms with E-state index in [2.05, 4.69) is 22.4 Å². The number of carbonyl (C=O) groups excluding carboxylic acids is 1. The van der Waals surface area contributed by atoms with Crippen LogP contribution < -0.4 is 5.32 Å². The SMILES string of the molecule is O=C(CN(CCO)C1CCc2ccccc21)Nc1cccnc1Cl. The number of nitrogens with zero attached hydrogens (tertiary/aromatic N) is 2. The molecule has 0 spiro atoms. The van der Waals surface area contributed by atoms with Gasteiger partial charge >= 0.3 is 0 Å². The van der Waals surface area contributed by atoms with Gasteiger partial charge in [0.2, 0.25) is 5.91 Å². The van der Waals surface area contributed by atoms with Gasteiger partial charge in [-0.05, 0) is 36.1 Å². The van der Waals surface area contributed by atoms with E-state index in [0.29, 0.717) is 12.2 Å². The number of anilines is 1. The normalized spacial score (nSPS) is 16.2. The van der Waals surface area contributed by atoms with Crippen molar-refractivity contribution in [2.75, 3.05) is 25.0 Å². The summed E-state index contributed by atoms with van der Waals surface area (Å²) in [6.45, 7) is 0.664. The molecule has 0 saturated carbocycles. The summed E-state index contributed by atoms with van der Waals surface area (Å²) in [4.78, 5) is 18.4. The average Bonchev–Trinajstić information content (AvgIpc) is 3.00. The van der Waals surface area contributed by atoms with Gasteiger partial charge < -0.3 is 10.4 Å². The zero-order valence-corrected chi connectivity index (χ0v) is 14.0. The van der Waals surface area contributed by atoms with E-state index in [9.17, 15) is 9.90 Å². The maximum absolute atomic E-state index is 12.4. The third kappa shape index (κ3) is 3.75. The Hall–Kier alpha value is -1.95. The summed E-state index contributed by atoms with van der Waals surface area (Å²) in [6.07, 6.45) is 3.53. The van der Waals surface area contributed by atoms with E-state index < -0.39 is 0 Å². The van der Waals surface area contributed by atoms with Crippen LogP contribution in [0.15, 0.2) is 42.6 Å². The van der Waals surface area contributed by atoms with Gasteiger partial charge in [-0.25, -0.2) is 4.98 Å². The lowest BCUT2D eigenvalue weighted by Crippen LogP contribution is -2.37. The first kappa shape index (κ1) is 16.9. The number of benzene rings is 1. The van der Waals surface area contributed by atoms with Crippen molar-refractivity contribution >= 4 is 23.2 Å².